The van der Waals surface area contributed by atoms with E-state index in [-0.39, 0.29) is 6.03 Å². The number of carbonyl (C=O) groups is 1. The molecule has 4 heteroatoms. The molecule has 1 aromatic carbocycles. The Kier molecular flexibility index (Phi) is 4.59. The number of carbonyl (C=O) groups excluding carboxylic acids is 1. The third kappa shape index (κ3) is 3.23. The molecule has 2 amide bonds. The summed E-state index contributed by atoms with van der Waals surface area (Å²) in [6.07, 6.45) is 2.06. The monoisotopic (exact) mass is 247 g/mol. The molecule has 0 radical (unpaired) electrons. The maximum atomic E-state index is 12.0. The lowest BCUT2D eigenvalue weighted by atomic mass is 10.0. The van der Waals surface area contributed by atoms with Crippen LogP contribution in [0.15, 0.2) is 30.3 Å². The first kappa shape index (κ1) is 12.9. The molecule has 0 atom stereocenters. The first-order chi connectivity index (χ1) is 8.81. The van der Waals surface area contributed by atoms with E-state index in [0.717, 1.165) is 25.9 Å². The summed E-state index contributed by atoms with van der Waals surface area (Å²) in [5.74, 6) is 0. The van der Waals surface area contributed by atoms with E-state index in [9.17, 15) is 4.79 Å². The SMILES string of the molecule is CNC(=O)N(Cc1ccccc1)C1CCNCC1. The summed E-state index contributed by atoms with van der Waals surface area (Å²) in [6.45, 7) is 2.67. The van der Waals surface area contributed by atoms with Crippen molar-refractivity contribution in [3.8, 4) is 0 Å². The van der Waals surface area contributed by atoms with E-state index in [0.29, 0.717) is 12.6 Å². The molecule has 98 valence electrons. The minimum atomic E-state index is 0.0192. The van der Waals surface area contributed by atoms with E-state index >= 15 is 0 Å². The topological polar surface area (TPSA) is 44.4 Å². The third-order valence-electron chi connectivity index (χ3n) is 3.42. The molecule has 0 spiro atoms. The zero-order chi connectivity index (χ0) is 12.8. The molecule has 2 rings (SSSR count). The van der Waals surface area contributed by atoms with Gasteiger partial charge in [0.05, 0.1) is 0 Å². The second-order valence-corrected chi connectivity index (χ2v) is 4.65. The number of nitrogens with one attached hydrogen (secondary N) is 2. The number of nitrogens with zero attached hydrogens (tertiary/aromatic N) is 1. The quantitative estimate of drug-likeness (QED) is 0.851. The van der Waals surface area contributed by atoms with Gasteiger partial charge in [0.15, 0.2) is 0 Å². The molecule has 4 nitrogen and oxygen atoms in total. The highest BCUT2D eigenvalue weighted by Gasteiger charge is 2.24. The number of hydrogen-bond acceptors (Lipinski definition) is 2. The molecule has 1 aliphatic heterocycles. The van der Waals surface area contributed by atoms with Crippen LogP contribution < -0.4 is 10.6 Å². The fourth-order valence-corrected chi connectivity index (χ4v) is 2.41. The van der Waals surface area contributed by atoms with Crippen LogP contribution in [-0.4, -0.2) is 37.1 Å². The van der Waals surface area contributed by atoms with E-state index in [1.165, 1.54) is 5.56 Å². The van der Waals surface area contributed by atoms with Gasteiger partial charge < -0.3 is 15.5 Å². The molecule has 0 unspecified atom stereocenters. The van der Waals surface area contributed by atoms with E-state index < -0.39 is 0 Å². The zero-order valence-electron chi connectivity index (χ0n) is 10.9. The first-order valence-electron chi connectivity index (χ1n) is 6.54. The van der Waals surface area contributed by atoms with Crippen LogP contribution in [0.1, 0.15) is 18.4 Å². The fraction of sp³-hybridized carbons (Fsp3) is 0.500. The summed E-state index contributed by atoms with van der Waals surface area (Å²) in [7, 11) is 1.70. The van der Waals surface area contributed by atoms with Gasteiger partial charge in [-0.05, 0) is 31.5 Å². The predicted octanol–water partition coefficient (Wildman–Crippen LogP) is 1.58. The summed E-state index contributed by atoms with van der Waals surface area (Å²) in [6, 6.07) is 10.5. The van der Waals surface area contributed by atoms with Crippen LogP contribution in [0.4, 0.5) is 4.79 Å². The van der Waals surface area contributed by atoms with Crippen molar-refractivity contribution in [1.29, 1.82) is 0 Å². The molecule has 0 aromatic heterocycles. The minimum Gasteiger partial charge on any atom is -0.341 e. The van der Waals surface area contributed by atoms with Crippen LogP contribution in [0.2, 0.25) is 0 Å². The molecule has 1 saturated heterocycles. The minimum absolute atomic E-state index is 0.0192. The number of benzene rings is 1. The Morgan fingerprint density at radius 3 is 2.61 bits per heavy atom. The average Bonchev–Trinajstić information content (AvgIpc) is 2.46. The van der Waals surface area contributed by atoms with Gasteiger partial charge in [-0.25, -0.2) is 4.79 Å². The summed E-state index contributed by atoms with van der Waals surface area (Å²) >= 11 is 0. The first-order valence-corrected chi connectivity index (χ1v) is 6.54. The van der Waals surface area contributed by atoms with Crippen molar-refractivity contribution in [2.75, 3.05) is 20.1 Å². The Morgan fingerprint density at radius 1 is 1.33 bits per heavy atom. The molecular weight excluding hydrogens is 226 g/mol. The zero-order valence-corrected chi connectivity index (χ0v) is 10.9. The molecule has 18 heavy (non-hydrogen) atoms. The smallest absolute Gasteiger partial charge is 0.317 e. The molecule has 1 aromatic rings. The molecule has 1 heterocycles. The van der Waals surface area contributed by atoms with E-state index in [1.807, 2.05) is 23.1 Å². The predicted molar refractivity (Wildman–Crippen MR) is 72.3 cm³/mol. The summed E-state index contributed by atoms with van der Waals surface area (Å²) in [5.41, 5.74) is 1.18. The van der Waals surface area contributed by atoms with Crippen molar-refractivity contribution in [2.24, 2.45) is 0 Å². The third-order valence-corrected chi connectivity index (χ3v) is 3.42. The summed E-state index contributed by atoms with van der Waals surface area (Å²) in [4.78, 5) is 14.0. The van der Waals surface area contributed by atoms with Crippen LogP contribution in [-0.2, 0) is 6.54 Å². The van der Waals surface area contributed by atoms with E-state index in [1.54, 1.807) is 7.05 Å². The maximum absolute atomic E-state index is 12.0. The second kappa shape index (κ2) is 6.40. The lowest BCUT2D eigenvalue weighted by Crippen LogP contribution is -2.48. The van der Waals surface area contributed by atoms with Crippen molar-refractivity contribution in [3.05, 3.63) is 35.9 Å². The van der Waals surface area contributed by atoms with Crippen molar-refractivity contribution >= 4 is 6.03 Å². The number of rotatable bonds is 3. The van der Waals surface area contributed by atoms with Gasteiger partial charge in [0.2, 0.25) is 0 Å². The van der Waals surface area contributed by atoms with Crippen LogP contribution in [0, 0.1) is 0 Å². The Bertz CT molecular complexity index is 374. The summed E-state index contributed by atoms with van der Waals surface area (Å²) in [5, 5.41) is 6.08. The molecular formula is C14H21N3O. The molecule has 0 aliphatic carbocycles. The van der Waals surface area contributed by atoms with Crippen LogP contribution in [0.25, 0.3) is 0 Å². The number of urea groups is 1. The number of piperidine rings is 1. The van der Waals surface area contributed by atoms with Crippen molar-refractivity contribution in [1.82, 2.24) is 15.5 Å². The number of hydrogen-bond donors (Lipinski definition) is 2. The highest BCUT2D eigenvalue weighted by atomic mass is 16.2. The van der Waals surface area contributed by atoms with Gasteiger partial charge in [0.1, 0.15) is 0 Å². The Labute approximate surface area is 108 Å². The van der Waals surface area contributed by atoms with Gasteiger partial charge in [-0.15, -0.1) is 0 Å². The van der Waals surface area contributed by atoms with Crippen LogP contribution in [0.3, 0.4) is 0 Å². The maximum Gasteiger partial charge on any atom is 0.317 e. The van der Waals surface area contributed by atoms with Gasteiger partial charge in [0.25, 0.3) is 0 Å². The second-order valence-electron chi connectivity index (χ2n) is 4.65. The van der Waals surface area contributed by atoms with Crippen molar-refractivity contribution < 1.29 is 4.79 Å². The van der Waals surface area contributed by atoms with Gasteiger partial charge in [-0.2, -0.15) is 0 Å². The highest BCUT2D eigenvalue weighted by molar-refractivity contribution is 5.74. The van der Waals surface area contributed by atoms with E-state index in [4.69, 9.17) is 0 Å². The molecule has 2 N–H and O–H groups in total. The van der Waals surface area contributed by atoms with Crippen LogP contribution in [0.5, 0.6) is 0 Å². The molecule has 1 fully saturated rings. The molecule has 0 saturated carbocycles. The van der Waals surface area contributed by atoms with Gasteiger partial charge in [-0.1, -0.05) is 30.3 Å². The van der Waals surface area contributed by atoms with Gasteiger partial charge in [0, 0.05) is 19.6 Å². The number of amides is 2. The highest BCUT2D eigenvalue weighted by Crippen LogP contribution is 2.15. The largest absolute Gasteiger partial charge is 0.341 e. The fourth-order valence-electron chi connectivity index (χ4n) is 2.41. The Hall–Kier alpha value is -1.55. The van der Waals surface area contributed by atoms with Crippen LogP contribution >= 0.6 is 0 Å². The normalized spacial score (nSPS) is 16.3. The van der Waals surface area contributed by atoms with Crippen molar-refractivity contribution in [2.45, 2.75) is 25.4 Å². The van der Waals surface area contributed by atoms with E-state index in [2.05, 4.69) is 22.8 Å². The Balaban J connectivity index is 2.07. The lowest BCUT2D eigenvalue weighted by molar-refractivity contribution is 0.156. The summed E-state index contributed by atoms with van der Waals surface area (Å²) < 4.78 is 0. The average molecular weight is 247 g/mol. The lowest BCUT2D eigenvalue weighted by Gasteiger charge is -2.34. The van der Waals surface area contributed by atoms with Crippen molar-refractivity contribution in [3.63, 3.8) is 0 Å². The Morgan fingerprint density at radius 2 is 2.00 bits per heavy atom. The molecule has 0 bridgehead atoms. The molecule has 1 aliphatic rings. The van der Waals surface area contributed by atoms with Gasteiger partial charge in [-0.3, -0.25) is 0 Å². The van der Waals surface area contributed by atoms with Gasteiger partial charge >= 0.3 is 6.03 Å². The standard InChI is InChI=1S/C14H21N3O/c1-15-14(18)17(13-7-9-16-10-8-13)11-12-5-3-2-4-6-12/h2-6,13,16H,7-11H2,1H3,(H,15,18).